The van der Waals surface area contributed by atoms with Crippen LogP contribution in [0.25, 0.3) is 0 Å². The van der Waals surface area contributed by atoms with Gasteiger partial charge in [-0.1, -0.05) is 28.7 Å². The Morgan fingerprint density at radius 2 is 2.50 bits per heavy atom. The minimum Gasteiger partial charge on any atom is -0.461 e. The summed E-state index contributed by atoms with van der Waals surface area (Å²) in [6.45, 7) is 0.527. The number of carbonyl (C=O) groups excluding carboxylic acids is 1. The summed E-state index contributed by atoms with van der Waals surface area (Å²) in [5.41, 5.74) is 0. The quantitative estimate of drug-likeness (QED) is 0.369. The zero-order valence-electron chi connectivity index (χ0n) is 6.46. The van der Waals surface area contributed by atoms with Gasteiger partial charge in [0.1, 0.15) is 4.88 Å². The van der Waals surface area contributed by atoms with E-state index >= 15 is 0 Å². The van der Waals surface area contributed by atoms with Crippen LogP contribution in [-0.4, -0.2) is 17.0 Å². The number of hydrogen-bond acceptors (Lipinski definition) is 3. The van der Waals surface area contributed by atoms with Crippen LogP contribution < -0.4 is 0 Å². The molecule has 0 saturated carbocycles. The van der Waals surface area contributed by atoms with Crippen molar-refractivity contribution in [2.75, 3.05) is 11.0 Å². The van der Waals surface area contributed by atoms with Crippen molar-refractivity contribution >= 4 is 39.9 Å². The van der Waals surface area contributed by atoms with E-state index in [9.17, 15) is 4.79 Å². The van der Waals surface area contributed by atoms with Crippen LogP contribution in [0.5, 0.6) is 0 Å². The lowest BCUT2D eigenvalue weighted by Gasteiger charge is -1.99. The predicted octanol–water partition coefficient (Wildman–Crippen LogP) is 2.73. The van der Waals surface area contributed by atoms with E-state index in [0.29, 0.717) is 11.5 Å². The van der Waals surface area contributed by atoms with Crippen LogP contribution in [-0.2, 0) is 4.74 Å². The number of rotatable bonds is 4. The maximum absolute atomic E-state index is 11.2. The monoisotopic (exact) mass is 296 g/mol. The Balaban J connectivity index is 2.30. The largest absolute Gasteiger partial charge is 0.461 e. The van der Waals surface area contributed by atoms with Gasteiger partial charge in [0.25, 0.3) is 0 Å². The summed E-state index contributed by atoms with van der Waals surface area (Å²) in [6.07, 6.45) is 0.928. The molecule has 12 heavy (non-hydrogen) atoms. The van der Waals surface area contributed by atoms with Crippen molar-refractivity contribution in [1.82, 2.24) is 0 Å². The highest BCUT2D eigenvalue weighted by molar-refractivity contribution is 14.1. The van der Waals surface area contributed by atoms with Crippen LogP contribution in [0.4, 0.5) is 0 Å². The molecule has 0 bridgehead atoms. The second kappa shape index (κ2) is 5.53. The molecule has 1 aromatic rings. The van der Waals surface area contributed by atoms with E-state index in [1.165, 1.54) is 11.3 Å². The van der Waals surface area contributed by atoms with Crippen molar-refractivity contribution in [3.63, 3.8) is 0 Å². The first kappa shape index (κ1) is 9.98. The second-order valence-corrected chi connectivity index (χ2v) is 4.18. The normalized spacial score (nSPS) is 9.75. The first-order chi connectivity index (χ1) is 5.84. The number of esters is 1. The van der Waals surface area contributed by atoms with E-state index in [0.717, 1.165) is 10.8 Å². The van der Waals surface area contributed by atoms with Crippen LogP contribution in [0.15, 0.2) is 17.5 Å². The number of thiophene rings is 1. The Bertz CT molecular complexity index is 233. The molecule has 1 rings (SSSR count). The lowest BCUT2D eigenvalue weighted by Crippen LogP contribution is -2.04. The summed E-state index contributed by atoms with van der Waals surface area (Å²) in [5, 5.41) is 1.87. The minimum absolute atomic E-state index is 0.199. The molecular weight excluding hydrogens is 287 g/mol. The van der Waals surface area contributed by atoms with Crippen LogP contribution in [0.3, 0.4) is 0 Å². The molecule has 0 N–H and O–H groups in total. The van der Waals surface area contributed by atoms with Gasteiger partial charge in [-0.05, 0) is 17.9 Å². The summed E-state index contributed by atoms with van der Waals surface area (Å²) >= 11 is 3.67. The Morgan fingerprint density at radius 1 is 1.67 bits per heavy atom. The molecule has 0 aliphatic rings. The van der Waals surface area contributed by atoms with Crippen LogP contribution in [0.1, 0.15) is 16.1 Å². The fourth-order valence-corrected chi connectivity index (χ4v) is 1.61. The zero-order chi connectivity index (χ0) is 8.81. The molecule has 1 aromatic heterocycles. The molecule has 0 fully saturated rings. The highest BCUT2D eigenvalue weighted by Gasteiger charge is 2.06. The molecule has 0 atom stereocenters. The van der Waals surface area contributed by atoms with Gasteiger partial charge in [-0.3, -0.25) is 0 Å². The maximum Gasteiger partial charge on any atom is 0.348 e. The average molecular weight is 296 g/mol. The van der Waals surface area contributed by atoms with Gasteiger partial charge in [0.2, 0.25) is 0 Å². The van der Waals surface area contributed by atoms with Gasteiger partial charge in [0.05, 0.1) is 6.61 Å². The van der Waals surface area contributed by atoms with Gasteiger partial charge >= 0.3 is 5.97 Å². The fraction of sp³-hybridized carbons (Fsp3) is 0.375. The summed E-state index contributed by atoms with van der Waals surface area (Å²) in [7, 11) is 0. The van der Waals surface area contributed by atoms with E-state index in [4.69, 9.17) is 4.74 Å². The summed E-state index contributed by atoms with van der Waals surface area (Å²) < 4.78 is 6.02. The molecule has 66 valence electrons. The van der Waals surface area contributed by atoms with Gasteiger partial charge in [-0.25, -0.2) is 4.79 Å². The third-order valence-electron chi connectivity index (χ3n) is 1.23. The molecule has 2 nitrogen and oxygen atoms in total. The van der Waals surface area contributed by atoms with Crippen molar-refractivity contribution in [2.45, 2.75) is 6.42 Å². The molecule has 0 aliphatic carbocycles. The topological polar surface area (TPSA) is 26.3 Å². The molecule has 0 saturated heterocycles. The van der Waals surface area contributed by atoms with Crippen molar-refractivity contribution in [3.05, 3.63) is 22.4 Å². The molecule has 0 amide bonds. The van der Waals surface area contributed by atoms with Crippen molar-refractivity contribution in [2.24, 2.45) is 0 Å². The standard InChI is InChI=1S/C8H9IO2S/c9-4-2-5-11-8(10)7-3-1-6-12-7/h1,3,6H,2,4-5H2. The van der Waals surface area contributed by atoms with Crippen LogP contribution in [0, 0.1) is 0 Å². The van der Waals surface area contributed by atoms with Crippen LogP contribution in [0.2, 0.25) is 0 Å². The lowest BCUT2D eigenvalue weighted by molar-refractivity contribution is 0.0513. The summed E-state index contributed by atoms with van der Waals surface area (Å²) in [4.78, 5) is 11.9. The summed E-state index contributed by atoms with van der Waals surface area (Å²) in [5.74, 6) is -0.199. The van der Waals surface area contributed by atoms with Crippen LogP contribution >= 0.6 is 33.9 Å². The van der Waals surface area contributed by atoms with Crippen molar-refractivity contribution in [3.8, 4) is 0 Å². The smallest absolute Gasteiger partial charge is 0.348 e. The van der Waals surface area contributed by atoms with Crippen molar-refractivity contribution in [1.29, 1.82) is 0 Å². The number of hydrogen-bond donors (Lipinski definition) is 0. The summed E-state index contributed by atoms with van der Waals surface area (Å²) in [6, 6.07) is 3.62. The molecule has 0 spiro atoms. The molecule has 1 heterocycles. The third-order valence-corrected chi connectivity index (χ3v) is 2.85. The highest BCUT2D eigenvalue weighted by atomic mass is 127. The molecule has 0 aromatic carbocycles. The van der Waals surface area contributed by atoms with E-state index in [-0.39, 0.29) is 5.97 Å². The Morgan fingerprint density at radius 3 is 3.08 bits per heavy atom. The lowest BCUT2D eigenvalue weighted by atomic mass is 10.5. The molecule has 0 radical (unpaired) electrons. The Hall–Kier alpha value is -0.100. The van der Waals surface area contributed by atoms with Gasteiger partial charge in [0.15, 0.2) is 0 Å². The highest BCUT2D eigenvalue weighted by Crippen LogP contribution is 2.09. The van der Waals surface area contributed by atoms with Gasteiger partial charge in [-0.15, -0.1) is 11.3 Å². The third kappa shape index (κ3) is 3.10. The van der Waals surface area contributed by atoms with E-state index in [1.807, 2.05) is 11.4 Å². The first-order valence-corrected chi connectivity index (χ1v) is 6.01. The molecule has 0 unspecified atom stereocenters. The molecular formula is C8H9IO2S. The number of carbonyl (C=O) groups is 1. The maximum atomic E-state index is 11.2. The first-order valence-electron chi connectivity index (χ1n) is 3.61. The van der Waals surface area contributed by atoms with E-state index < -0.39 is 0 Å². The Kier molecular flexibility index (Phi) is 4.60. The predicted molar refractivity (Wildman–Crippen MR) is 58.1 cm³/mol. The van der Waals surface area contributed by atoms with Crippen molar-refractivity contribution < 1.29 is 9.53 Å². The fourth-order valence-electron chi connectivity index (χ4n) is 0.685. The molecule has 0 aliphatic heterocycles. The van der Waals surface area contributed by atoms with Gasteiger partial charge < -0.3 is 4.74 Å². The van der Waals surface area contributed by atoms with Gasteiger partial charge in [0, 0.05) is 4.43 Å². The Labute approximate surface area is 89.1 Å². The number of halogens is 1. The van der Waals surface area contributed by atoms with E-state index in [1.54, 1.807) is 6.07 Å². The van der Waals surface area contributed by atoms with E-state index in [2.05, 4.69) is 22.6 Å². The SMILES string of the molecule is O=C(OCCCI)c1cccs1. The minimum atomic E-state index is -0.199. The second-order valence-electron chi connectivity index (χ2n) is 2.16. The van der Waals surface area contributed by atoms with Gasteiger partial charge in [-0.2, -0.15) is 0 Å². The number of ether oxygens (including phenoxy) is 1. The number of alkyl halides is 1. The zero-order valence-corrected chi connectivity index (χ0v) is 9.43. The molecule has 4 heteroatoms. The average Bonchev–Trinajstić information content (AvgIpc) is 2.56.